The maximum absolute atomic E-state index is 11.7. The van der Waals surface area contributed by atoms with Gasteiger partial charge in [0.15, 0.2) is 0 Å². The zero-order valence-electron chi connectivity index (χ0n) is 16.7. The second-order valence-electron chi connectivity index (χ2n) is 7.28. The number of aryl methyl sites for hydroxylation is 1. The zero-order valence-corrected chi connectivity index (χ0v) is 17.6. The molecule has 158 valence electrons. The maximum Gasteiger partial charge on any atom is 0.335 e. The van der Waals surface area contributed by atoms with Crippen molar-refractivity contribution in [3.8, 4) is 0 Å². The normalized spacial score (nSPS) is 18.0. The highest BCUT2D eigenvalue weighted by Crippen LogP contribution is 2.30. The number of benzene rings is 1. The van der Waals surface area contributed by atoms with Gasteiger partial charge in [0, 0.05) is 31.3 Å². The topological polar surface area (TPSA) is 104 Å². The molecule has 3 N–H and O–H groups in total. The van der Waals surface area contributed by atoms with Crippen LogP contribution in [0.1, 0.15) is 47.2 Å². The van der Waals surface area contributed by atoms with Crippen molar-refractivity contribution >= 4 is 24.6 Å². The van der Waals surface area contributed by atoms with Gasteiger partial charge in [-0.2, -0.15) is 0 Å². The van der Waals surface area contributed by atoms with E-state index in [1.165, 1.54) is 0 Å². The monoisotopic (exact) mass is 427 g/mol. The van der Waals surface area contributed by atoms with Crippen LogP contribution in [-0.4, -0.2) is 36.6 Å². The molecule has 3 rings (SSSR count). The van der Waals surface area contributed by atoms with Gasteiger partial charge in [0.25, 0.3) is 0 Å². The largest absolute Gasteiger partial charge is 0.478 e. The molecule has 1 atom stereocenters. The van der Waals surface area contributed by atoms with E-state index in [1.54, 1.807) is 48.8 Å². The van der Waals surface area contributed by atoms with Gasteiger partial charge in [0.05, 0.1) is 11.1 Å². The predicted octanol–water partition coefficient (Wildman–Crippen LogP) is 3.27. The molecule has 1 aliphatic heterocycles. The average molecular weight is 428 g/mol. The lowest BCUT2D eigenvalue weighted by Crippen LogP contribution is -2.45. The maximum atomic E-state index is 11.7. The van der Waals surface area contributed by atoms with Gasteiger partial charge in [-0.15, -0.1) is 12.6 Å². The third-order valence-corrected chi connectivity index (χ3v) is 5.64. The molecule has 0 aliphatic carbocycles. The number of allylic oxidation sites excluding steroid dienone is 2. The lowest BCUT2D eigenvalue weighted by atomic mass is 9.98. The summed E-state index contributed by atoms with van der Waals surface area (Å²) in [5.74, 6) is -1.07. The Balaban J connectivity index is 1.92. The van der Waals surface area contributed by atoms with E-state index in [-0.39, 0.29) is 11.1 Å². The number of aromatic carboxylic acids is 1. The summed E-state index contributed by atoms with van der Waals surface area (Å²) in [4.78, 5) is 26.3. The molecule has 0 radical (unpaired) electrons. The van der Waals surface area contributed by atoms with Crippen LogP contribution in [-0.2, 0) is 24.2 Å². The van der Waals surface area contributed by atoms with Crippen LogP contribution in [0.2, 0.25) is 0 Å². The van der Waals surface area contributed by atoms with Crippen LogP contribution in [0.15, 0.2) is 54.4 Å². The number of nitrogens with one attached hydrogen (secondary N) is 1. The number of carboxylic acid groups (broad SMARTS) is 2. The molecule has 0 amide bonds. The van der Waals surface area contributed by atoms with Gasteiger partial charge in [0.1, 0.15) is 10.7 Å². The van der Waals surface area contributed by atoms with Crippen molar-refractivity contribution in [2.45, 2.75) is 44.0 Å². The van der Waals surface area contributed by atoms with Crippen molar-refractivity contribution in [3.63, 3.8) is 0 Å². The van der Waals surface area contributed by atoms with E-state index in [9.17, 15) is 14.7 Å². The molecular weight excluding hydrogens is 402 g/mol. The van der Waals surface area contributed by atoms with Crippen LogP contribution in [0, 0.1) is 0 Å². The first-order valence-electron chi connectivity index (χ1n) is 9.80. The Bertz CT molecular complexity index is 994. The molecule has 0 spiro atoms. The molecule has 2 aromatic rings. The Hall–Kier alpha value is -3.00. The van der Waals surface area contributed by atoms with Crippen molar-refractivity contribution in [2.75, 3.05) is 0 Å². The smallest absolute Gasteiger partial charge is 0.335 e. The summed E-state index contributed by atoms with van der Waals surface area (Å²) < 4.78 is 2.07. The van der Waals surface area contributed by atoms with Crippen molar-refractivity contribution in [1.82, 2.24) is 14.9 Å². The third-order valence-electron chi connectivity index (χ3n) is 5.11. The van der Waals surface area contributed by atoms with E-state index in [1.807, 2.05) is 0 Å². The van der Waals surface area contributed by atoms with E-state index in [4.69, 9.17) is 5.11 Å². The predicted molar refractivity (Wildman–Crippen MR) is 117 cm³/mol. The summed E-state index contributed by atoms with van der Waals surface area (Å²) in [5.41, 5.74) is 2.20. The van der Waals surface area contributed by atoms with E-state index in [0.717, 1.165) is 36.3 Å². The number of hydrogen-bond donors (Lipinski definition) is 4. The molecule has 7 nitrogen and oxygen atoms in total. The van der Waals surface area contributed by atoms with Crippen LogP contribution in [0.3, 0.4) is 0 Å². The first kappa shape index (κ1) is 21.7. The van der Waals surface area contributed by atoms with Gasteiger partial charge in [0.2, 0.25) is 0 Å². The van der Waals surface area contributed by atoms with Crippen LogP contribution in [0.25, 0.3) is 0 Å². The standard InChI is InChI=1S/C22H25N3O4S/c1-2-3-6-19-23-13-17(12-22(30)18(21(28)29)5-4-11-24-22)25(19)14-15-7-9-16(10-8-15)20(26)27/h4-5,7-11,13,24,30H,2-3,6,12,14H2,1H3,(H,26,27)(H,28,29)/t22-/m0/s1. The summed E-state index contributed by atoms with van der Waals surface area (Å²) in [7, 11) is 0. The van der Waals surface area contributed by atoms with E-state index >= 15 is 0 Å². The Morgan fingerprint density at radius 1 is 1.20 bits per heavy atom. The van der Waals surface area contributed by atoms with Crippen molar-refractivity contribution in [1.29, 1.82) is 0 Å². The van der Waals surface area contributed by atoms with Crippen LogP contribution >= 0.6 is 12.6 Å². The summed E-state index contributed by atoms with van der Waals surface area (Å²) in [5, 5.41) is 21.8. The number of carboxylic acids is 2. The third kappa shape index (κ3) is 4.76. The van der Waals surface area contributed by atoms with E-state index in [2.05, 4.69) is 34.4 Å². The Kier molecular flexibility index (Phi) is 6.66. The van der Waals surface area contributed by atoms with Crippen LogP contribution < -0.4 is 5.32 Å². The fraction of sp³-hybridized carbons (Fsp3) is 0.318. The second-order valence-corrected chi connectivity index (χ2v) is 8.05. The second kappa shape index (κ2) is 9.21. The summed E-state index contributed by atoms with van der Waals surface area (Å²) in [6.07, 6.45) is 9.80. The summed E-state index contributed by atoms with van der Waals surface area (Å²) in [6, 6.07) is 6.74. The number of imidazole rings is 1. The molecule has 8 heteroatoms. The SMILES string of the molecule is CCCCc1ncc(C[C@@]2(S)NC=CC=C2C(=O)O)n1Cc1ccc(C(=O)O)cc1. The fourth-order valence-corrected chi connectivity index (χ4v) is 3.87. The summed E-state index contributed by atoms with van der Waals surface area (Å²) in [6.45, 7) is 2.63. The molecule has 1 aromatic heterocycles. The molecular formula is C22H25N3O4S. The Morgan fingerprint density at radius 2 is 1.93 bits per heavy atom. The highest BCUT2D eigenvalue weighted by Gasteiger charge is 2.36. The highest BCUT2D eigenvalue weighted by atomic mass is 32.1. The molecule has 0 fully saturated rings. The number of rotatable bonds is 9. The molecule has 0 saturated heterocycles. The lowest BCUT2D eigenvalue weighted by molar-refractivity contribution is -0.133. The van der Waals surface area contributed by atoms with E-state index < -0.39 is 16.8 Å². The van der Waals surface area contributed by atoms with Crippen molar-refractivity contribution in [3.05, 3.63) is 77.0 Å². The average Bonchev–Trinajstić information content (AvgIpc) is 3.07. The Labute approximate surface area is 180 Å². The minimum absolute atomic E-state index is 0.169. The number of dihydropyridines is 1. The molecule has 1 aromatic carbocycles. The molecule has 2 heterocycles. The number of aliphatic carboxylic acids is 1. The molecule has 0 bridgehead atoms. The Morgan fingerprint density at radius 3 is 2.57 bits per heavy atom. The van der Waals surface area contributed by atoms with Crippen molar-refractivity contribution < 1.29 is 19.8 Å². The fourth-order valence-electron chi connectivity index (χ4n) is 3.46. The first-order chi connectivity index (χ1) is 14.3. The molecule has 0 unspecified atom stereocenters. The van der Waals surface area contributed by atoms with Crippen LogP contribution in [0.4, 0.5) is 0 Å². The lowest BCUT2D eigenvalue weighted by Gasteiger charge is -2.32. The number of carbonyl (C=O) groups is 2. The number of thiol groups is 1. The van der Waals surface area contributed by atoms with Gasteiger partial charge in [-0.05, 0) is 42.5 Å². The van der Waals surface area contributed by atoms with Gasteiger partial charge in [-0.25, -0.2) is 14.6 Å². The number of hydrogen-bond acceptors (Lipinski definition) is 5. The van der Waals surface area contributed by atoms with E-state index in [0.29, 0.717) is 13.0 Å². The van der Waals surface area contributed by atoms with Gasteiger partial charge >= 0.3 is 11.9 Å². The minimum Gasteiger partial charge on any atom is -0.478 e. The van der Waals surface area contributed by atoms with Gasteiger partial charge in [-0.3, -0.25) is 0 Å². The molecule has 0 saturated carbocycles. The zero-order chi connectivity index (χ0) is 21.7. The first-order valence-corrected chi connectivity index (χ1v) is 10.2. The van der Waals surface area contributed by atoms with Crippen LogP contribution in [0.5, 0.6) is 0 Å². The minimum atomic E-state index is -1.06. The number of aromatic nitrogens is 2. The van der Waals surface area contributed by atoms with Gasteiger partial charge in [-0.1, -0.05) is 25.5 Å². The summed E-state index contributed by atoms with van der Waals surface area (Å²) >= 11 is 4.67. The molecule has 30 heavy (non-hydrogen) atoms. The van der Waals surface area contributed by atoms with Crippen molar-refractivity contribution in [2.24, 2.45) is 0 Å². The number of unbranched alkanes of at least 4 members (excludes halogenated alkanes) is 1. The number of nitrogens with zero attached hydrogens (tertiary/aromatic N) is 2. The quantitative estimate of drug-likeness (QED) is 0.458. The molecule has 1 aliphatic rings. The van der Waals surface area contributed by atoms with Gasteiger partial charge < -0.3 is 20.1 Å². The highest BCUT2D eigenvalue weighted by molar-refractivity contribution is 7.82.